The van der Waals surface area contributed by atoms with Crippen molar-refractivity contribution in [3.63, 3.8) is 0 Å². The van der Waals surface area contributed by atoms with E-state index in [-0.39, 0.29) is 12.5 Å². The number of methoxy groups -OCH3 is 1. The zero-order valence-electron chi connectivity index (χ0n) is 23.3. The number of ether oxygens (including phenoxy) is 2. The van der Waals surface area contributed by atoms with Gasteiger partial charge in [-0.2, -0.15) is 5.10 Å². The zero-order valence-corrected chi connectivity index (χ0v) is 24.1. The standard InChI is InChI=1S/C33H36N4O3S/c1-39-30-16-22(20-34-37-32(41)36-27-5-3-2-4-6-27)7-12-29(30)40-21-31(38)35-28-10-8-26(9-11-28)33-17-23-13-24(18-33)15-25(14-23)19-33/h2-12,16,20,23-25H,13-15,17-19,21H2,1H3,(H,35,38)(H2,36,37,41)/b34-20+. The van der Waals surface area contributed by atoms with Crippen molar-refractivity contribution in [2.75, 3.05) is 24.4 Å². The summed E-state index contributed by atoms with van der Waals surface area (Å²) in [6, 6.07) is 23.5. The van der Waals surface area contributed by atoms with Crippen molar-refractivity contribution >= 4 is 40.8 Å². The average Bonchev–Trinajstić information content (AvgIpc) is 2.96. The van der Waals surface area contributed by atoms with Crippen LogP contribution in [0.4, 0.5) is 11.4 Å². The Morgan fingerprint density at radius 2 is 1.56 bits per heavy atom. The van der Waals surface area contributed by atoms with Gasteiger partial charge in [0, 0.05) is 11.4 Å². The number of rotatable bonds is 9. The molecule has 0 heterocycles. The quantitative estimate of drug-likeness (QED) is 0.155. The summed E-state index contributed by atoms with van der Waals surface area (Å²) in [5, 5.41) is 10.6. The lowest BCUT2D eigenvalue weighted by Crippen LogP contribution is -2.48. The number of nitrogens with zero attached hydrogens (tertiary/aromatic N) is 1. The third kappa shape index (κ3) is 6.38. The van der Waals surface area contributed by atoms with Crippen LogP contribution in [0.2, 0.25) is 0 Å². The molecule has 3 aromatic carbocycles. The monoisotopic (exact) mass is 568 g/mol. The highest BCUT2D eigenvalue weighted by molar-refractivity contribution is 7.80. The average molecular weight is 569 g/mol. The van der Waals surface area contributed by atoms with Gasteiger partial charge in [-0.05, 0) is 128 Å². The highest BCUT2D eigenvalue weighted by Crippen LogP contribution is 2.60. The Hall–Kier alpha value is -3.91. The zero-order chi connectivity index (χ0) is 28.2. The molecule has 4 aliphatic carbocycles. The number of hydrazone groups is 1. The van der Waals surface area contributed by atoms with Gasteiger partial charge in [0.2, 0.25) is 0 Å². The van der Waals surface area contributed by atoms with Gasteiger partial charge in [0.15, 0.2) is 23.2 Å². The predicted molar refractivity (Wildman–Crippen MR) is 167 cm³/mol. The van der Waals surface area contributed by atoms with Crippen molar-refractivity contribution in [1.82, 2.24) is 5.43 Å². The van der Waals surface area contributed by atoms with Crippen molar-refractivity contribution in [3.8, 4) is 11.5 Å². The van der Waals surface area contributed by atoms with E-state index in [4.69, 9.17) is 21.7 Å². The van der Waals surface area contributed by atoms with Gasteiger partial charge in [-0.15, -0.1) is 0 Å². The Kier molecular flexibility index (Phi) is 7.92. The second-order valence-electron chi connectivity index (χ2n) is 11.7. The van der Waals surface area contributed by atoms with Crippen LogP contribution in [0, 0.1) is 17.8 Å². The molecule has 0 unspecified atom stereocenters. The van der Waals surface area contributed by atoms with Gasteiger partial charge < -0.3 is 20.1 Å². The summed E-state index contributed by atoms with van der Waals surface area (Å²) in [4.78, 5) is 12.7. The van der Waals surface area contributed by atoms with Gasteiger partial charge >= 0.3 is 0 Å². The molecule has 41 heavy (non-hydrogen) atoms. The number of carbonyl (C=O) groups excluding carboxylic acids is 1. The minimum Gasteiger partial charge on any atom is -0.493 e. The molecule has 8 heteroatoms. The number of anilines is 2. The van der Waals surface area contributed by atoms with Crippen LogP contribution in [-0.2, 0) is 10.2 Å². The first-order valence-electron chi connectivity index (χ1n) is 14.3. The number of amides is 1. The van der Waals surface area contributed by atoms with Gasteiger partial charge in [0.05, 0.1) is 13.3 Å². The summed E-state index contributed by atoms with van der Waals surface area (Å²) in [6.45, 7) is -0.124. The molecule has 0 saturated heterocycles. The van der Waals surface area contributed by atoms with Crippen LogP contribution in [0.15, 0.2) is 77.9 Å². The minimum absolute atomic E-state index is 0.124. The van der Waals surface area contributed by atoms with E-state index in [1.54, 1.807) is 25.5 Å². The molecule has 0 aliphatic heterocycles. The van der Waals surface area contributed by atoms with Gasteiger partial charge in [0.25, 0.3) is 5.91 Å². The first-order chi connectivity index (χ1) is 20.0. The molecule has 212 valence electrons. The van der Waals surface area contributed by atoms with E-state index >= 15 is 0 Å². The molecule has 3 N–H and O–H groups in total. The molecule has 4 aliphatic rings. The van der Waals surface area contributed by atoms with Crippen LogP contribution in [0.5, 0.6) is 11.5 Å². The second-order valence-corrected chi connectivity index (χ2v) is 12.1. The van der Waals surface area contributed by atoms with Gasteiger partial charge in [0.1, 0.15) is 0 Å². The lowest BCUT2D eigenvalue weighted by molar-refractivity contribution is -0.118. The molecule has 0 atom stereocenters. The fourth-order valence-electron chi connectivity index (χ4n) is 7.44. The van der Waals surface area contributed by atoms with Gasteiger partial charge in [-0.25, -0.2) is 0 Å². The first-order valence-corrected chi connectivity index (χ1v) is 14.8. The number of hydrogen-bond acceptors (Lipinski definition) is 5. The van der Waals surface area contributed by atoms with E-state index in [1.807, 2.05) is 48.5 Å². The van der Waals surface area contributed by atoms with Gasteiger partial charge in [-0.3, -0.25) is 10.2 Å². The Bertz CT molecular complexity index is 1390. The summed E-state index contributed by atoms with van der Waals surface area (Å²) >= 11 is 5.27. The topological polar surface area (TPSA) is 84.0 Å². The van der Waals surface area contributed by atoms with Gasteiger partial charge in [-0.1, -0.05) is 30.3 Å². The van der Waals surface area contributed by atoms with Crippen molar-refractivity contribution < 1.29 is 14.3 Å². The van der Waals surface area contributed by atoms with Crippen LogP contribution in [-0.4, -0.2) is 31.0 Å². The van der Waals surface area contributed by atoms with E-state index in [0.717, 1.165) is 34.7 Å². The fraction of sp³-hybridized carbons (Fsp3) is 0.364. The highest BCUT2D eigenvalue weighted by atomic mass is 32.1. The molecule has 1 amide bonds. The largest absolute Gasteiger partial charge is 0.493 e. The number of thiocarbonyl (C=S) groups is 1. The summed E-state index contributed by atoms with van der Waals surface area (Å²) in [5.74, 6) is 3.50. The number of nitrogens with one attached hydrogen (secondary N) is 3. The fourth-order valence-corrected chi connectivity index (χ4v) is 7.61. The molecule has 0 radical (unpaired) electrons. The highest BCUT2D eigenvalue weighted by Gasteiger charge is 2.51. The summed E-state index contributed by atoms with van der Waals surface area (Å²) in [5.41, 5.74) is 7.05. The van der Waals surface area contributed by atoms with E-state index in [2.05, 4.69) is 33.3 Å². The van der Waals surface area contributed by atoms with Crippen LogP contribution in [0.3, 0.4) is 0 Å². The molecule has 4 fully saturated rings. The molecule has 4 saturated carbocycles. The molecular formula is C33H36N4O3S. The molecule has 7 nitrogen and oxygen atoms in total. The molecule has 4 bridgehead atoms. The van der Waals surface area contributed by atoms with E-state index in [9.17, 15) is 4.79 Å². The van der Waals surface area contributed by atoms with Crippen molar-refractivity contribution in [3.05, 3.63) is 83.9 Å². The van der Waals surface area contributed by atoms with E-state index in [0.29, 0.717) is 22.0 Å². The van der Waals surface area contributed by atoms with E-state index < -0.39 is 0 Å². The SMILES string of the molecule is COc1cc(/C=N/NC(=S)Nc2ccccc2)ccc1OCC(=O)Nc1ccc(C23CC4CC(CC(C4)C2)C3)cc1. The molecular weight excluding hydrogens is 532 g/mol. The van der Waals surface area contributed by atoms with Crippen LogP contribution < -0.4 is 25.5 Å². The Labute approximate surface area is 246 Å². The molecule has 3 aromatic rings. The number of carbonyl (C=O) groups is 1. The Morgan fingerprint density at radius 3 is 2.22 bits per heavy atom. The maximum Gasteiger partial charge on any atom is 0.262 e. The number of para-hydroxylation sites is 1. The third-order valence-corrected chi connectivity index (χ3v) is 8.97. The maximum atomic E-state index is 12.7. The predicted octanol–water partition coefficient (Wildman–Crippen LogP) is 6.50. The molecule has 0 spiro atoms. The third-order valence-electron chi connectivity index (χ3n) is 8.78. The van der Waals surface area contributed by atoms with Crippen LogP contribution in [0.25, 0.3) is 0 Å². The molecule has 0 aromatic heterocycles. The Balaban J connectivity index is 0.997. The maximum absolute atomic E-state index is 12.7. The van der Waals surface area contributed by atoms with Crippen molar-refractivity contribution in [1.29, 1.82) is 0 Å². The number of benzene rings is 3. The van der Waals surface area contributed by atoms with E-state index in [1.165, 1.54) is 44.1 Å². The first kappa shape index (κ1) is 27.3. The normalized spacial score (nSPS) is 24.2. The van der Waals surface area contributed by atoms with Crippen molar-refractivity contribution in [2.24, 2.45) is 22.9 Å². The summed E-state index contributed by atoms with van der Waals surface area (Å²) in [7, 11) is 1.56. The lowest BCUT2D eigenvalue weighted by Gasteiger charge is -2.57. The molecule has 7 rings (SSSR count). The lowest BCUT2D eigenvalue weighted by atomic mass is 9.48. The van der Waals surface area contributed by atoms with Crippen LogP contribution >= 0.6 is 12.2 Å². The summed E-state index contributed by atoms with van der Waals surface area (Å²) in [6.07, 6.45) is 9.94. The number of hydrogen-bond donors (Lipinski definition) is 3. The van der Waals surface area contributed by atoms with Crippen molar-refractivity contribution in [2.45, 2.75) is 43.9 Å². The summed E-state index contributed by atoms with van der Waals surface area (Å²) < 4.78 is 11.3. The second kappa shape index (κ2) is 11.9. The van der Waals surface area contributed by atoms with Crippen LogP contribution in [0.1, 0.15) is 49.7 Å². The smallest absolute Gasteiger partial charge is 0.262 e. The minimum atomic E-state index is -0.219. The Morgan fingerprint density at radius 1 is 0.902 bits per heavy atom.